The van der Waals surface area contributed by atoms with Crippen molar-refractivity contribution in [3.8, 4) is 0 Å². The van der Waals surface area contributed by atoms with Crippen LogP contribution in [0.5, 0.6) is 0 Å². The van der Waals surface area contributed by atoms with E-state index in [1.165, 1.54) is 5.56 Å². The smallest absolute Gasteiger partial charge is 0.222 e. The number of piperazine rings is 1. The average molecular weight is 303 g/mol. The molecule has 0 saturated carbocycles. The predicted octanol–water partition coefficient (Wildman–Crippen LogP) is 2.39. The van der Waals surface area contributed by atoms with E-state index in [1.807, 2.05) is 17.0 Å². The van der Waals surface area contributed by atoms with E-state index >= 15 is 0 Å². The maximum atomic E-state index is 12.0. The molecule has 4 nitrogen and oxygen atoms in total. The monoisotopic (exact) mass is 303 g/mol. The molecule has 0 aromatic heterocycles. The van der Waals surface area contributed by atoms with Gasteiger partial charge >= 0.3 is 0 Å². The van der Waals surface area contributed by atoms with E-state index in [0.29, 0.717) is 18.2 Å². The quantitative estimate of drug-likeness (QED) is 0.821. The van der Waals surface area contributed by atoms with Gasteiger partial charge in [-0.25, -0.2) is 0 Å². The van der Waals surface area contributed by atoms with Crippen LogP contribution >= 0.6 is 0 Å². The summed E-state index contributed by atoms with van der Waals surface area (Å²) in [5, 5.41) is 0. The fraction of sp³-hybridized carbons (Fsp3) is 0.611. The van der Waals surface area contributed by atoms with Gasteiger partial charge in [0.2, 0.25) is 5.91 Å². The van der Waals surface area contributed by atoms with Gasteiger partial charge in [-0.3, -0.25) is 9.69 Å². The number of nitrogens with two attached hydrogens (primary N) is 1. The Bertz CT molecular complexity index is 462. The molecule has 1 aliphatic rings. The van der Waals surface area contributed by atoms with E-state index in [9.17, 15) is 4.79 Å². The van der Waals surface area contributed by atoms with Crippen LogP contribution in [0.1, 0.15) is 32.3 Å². The molecule has 122 valence electrons. The normalized spacial score (nSPS) is 16.2. The number of aryl methyl sites for hydroxylation is 1. The fourth-order valence-electron chi connectivity index (χ4n) is 2.89. The zero-order valence-electron chi connectivity index (χ0n) is 13.9. The van der Waals surface area contributed by atoms with Gasteiger partial charge in [-0.15, -0.1) is 0 Å². The first kappa shape index (κ1) is 16.8. The zero-order chi connectivity index (χ0) is 15.9. The minimum Gasteiger partial charge on any atom is -0.399 e. The first-order valence-electron chi connectivity index (χ1n) is 8.39. The van der Waals surface area contributed by atoms with E-state index in [0.717, 1.165) is 51.3 Å². The average Bonchev–Trinajstić information content (AvgIpc) is 2.49. The Labute approximate surface area is 134 Å². The predicted molar refractivity (Wildman–Crippen MR) is 91.7 cm³/mol. The number of anilines is 1. The van der Waals surface area contributed by atoms with Crippen molar-refractivity contribution >= 4 is 11.6 Å². The lowest BCUT2D eigenvalue weighted by molar-refractivity contribution is -0.133. The van der Waals surface area contributed by atoms with Gasteiger partial charge in [-0.1, -0.05) is 26.0 Å². The summed E-state index contributed by atoms with van der Waals surface area (Å²) in [6.07, 6.45) is 2.92. The van der Waals surface area contributed by atoms with E-state index in [-0.39, 0.29) is 0 Å². The highest BCUT2D eigenvalue weighted by Gasteiger charge is 2.20. The Morgan fingerprint density at radius 1 is 1.14 bits per heavy atom. The lowest BCUT2D eigenvalue weighted by Gasteiger charge is -2.35. The molecule has 0 radical (unpaired) electrons. The molecule has 0 unspecified atom stereocenters. The van der Waals surface area contributed by atoms with Crippen LogP contribution in [-0.4, -0.2) is 48.4 Å². The second kappa shape index (κ2) is 8.18. The minimum atomic E-state index is 0.316. The van der Waals surface area contributed by atoms with Crippen molar-refractivity contribution in [2.45, 2.75) is 33.1 Å². The van der Waals surface area contributed by atoms with Gasteiger partial charge in [-0.05, 0) is 43.0 Å². The van der Waals surface area contributed by atoms with Gasteiger partial charge in [0.1, 0.15) is 0 Å². The molecule has 0 aliphatic carbocycles. The summed E-state index contributed by atoms with van der Waals surface area (Å²) in [6.45, 7) is 9.09. The van der Waals surface area contributed by atoms with Crippen molar-refractivity contribution in [2.75, 3.05) is 38.5 Å². The SMILES string of the molecule is CC(C)CC(=O)N1CCN(CCCc2ccc(N)cc2)CC1. The van der Waals surface area contributed by atoms with Crippen LogP contribution in [0.25, 0.3) is 0 Å². The number of rotatable bonds is 6. The van der Waals surface area contributed by atoms with Crippen molar-refractivity contribution in [3.05, 3.63) is 29.8 Å². The highest BCUT2D eigenvalue weighted by Crippen LogP contribution is 2.11. The van der Waals surface area contributed by atoms with Gasteiger partial charge in [-0.2, -0.15) is 0 Å². The lowest BCUT2D eigenvalue weighted by Crippen LogP contribution is -2.49. The number of carbonyl (C=O) groups is 1. The topological polar surface area (TPSA) is 49.6 Å². The van der Waals surface area contributed by atoms with Crippen molar-refractivity contribution < 1.29 is 4.79 Å². The van der Waals surface area contributed by atoms with Gasteiger partial charge in [0.15, 0.2) is 0 Å². The molecular formula is C18H29N3O. The first-order valence-corrected chi connectivity index (χ1v) is 8.39. The van der Waals surface area contributed by atoms with Crippen LogP contribution in [0.15, 0.2) is 24.3 Å². The molecule has 1 aliphatic heterocycles. The summed E-state index contributed by atoms with van der Waals surface area (Å²) < 4.78 is 0. The standard InChI is InChI=1S/C18H29N3O/c1-15(2)14-18(22)21-12-10-20(11-13-21)9-3-4-16-5-7-17(19)8-6-16/h5-8,15H,3-4,9-14,19H2,1-2H3. The van der Waals surface area contributed by atoms with E-state index in [2.05, 4.69) is 30.9 Å². The van der Waals surface area contributed by atoms with Gasteiger partial charge in [0.05, 0.1) is 0 Å². The molecule has 1 aromatic carbocycles. The molecular weight excluding hydrogens is 274 g/mol. The summed E-state index contributed by atoms with van der Waals surface area (Å²) in [5.74, 6) is 0.766. The Kier molecular flexibility index (Phi) is 6.25. The van der Waals surface area contributed by atoms with Crippen LogP contribution in [0.3, 0.4) is 0 Å². The van der Waals surface area contributed by atoms with E-state index in [4.69, 9.17) is 5.73 Å². The Morgan fingerprint density at radius 3 is 2.36 bits per heavy atom. The summed E-state index contributed by atoms with van der Waals surface area (Å²) in [5.41, 5.74) is 7.87. The zero-order valence-corrected chi connectivity index (χ0v) is 13.9. The number of nitrogen functional groups attached to an aromatic ring is 1. The lowest BCUT2D eigenvalue weighted by atomic mass is 10.1. The second-order valence-electron chi connectivity index (χ2n) is 6.67. The largest absolute Gasteiger partial charge is 0.399 e. The van der Waals surface area contributed by atoms with Crippen molar-refractivity contribution in [2.24, 2.45) is 5.92 Å². The molecule has 1 saturated heterocycles. The molecule has 0 bridgehead atoms. The van der Waals surface area contributed by atoms with E-state index in [1.54, 1.807) is 0 Å². The Balaban J connectivity index is 1.65. The maximum Gasteiger partial charge on any atom is 0.222 e. The molecule has 1 amide bonds. The Hall–Kier alpha value is -1.55. The third-order valence-electron chi connectivity index (χ3n) is 4.23. The van der Waals surface area contributed by atoms with Crippen molar-refractivity contribution in [1.29, 1.82) is 0 Å². The summed E-state index contributed by atoms with van der Waals surface area (Å²) in [4.78, 5) is 16.5. The maximum absolute atomic E-state index is 12.0. The molecule has 1 aromatic rings. The fourth-order valence-corrected chi connectivity index (χ4v) is 2.89. The van der Waals surface area contributed by atoms with Gasteiger partial charge in [0.25, 0.3) is 0 Å². The molecule has 1 heterocycles. The highest BCUT2D eigenvalue weighted by molar-refractivity contribution is 5.76. The molecule has 22 heavy (non-hydrogen) atoms. The number of amides is 1. The molecule has 4 heteroatoms. The summed E-state index contributed by atoms with van der Waals surface area (Å²) >= 11 is 0. The summed E-state index contributed by atoms with van der Waals surface area (Å²) in [6, 6.07) is 8.15. The van der Waals surface area contributed by atoms with Crippen LogP contribution in [0, 0.1) is 5.92 Å². The molecule has 0 atom stereocenters. The molecule has 2 rings (SSSR count). The van der Waals surface area contributed by atoms with Gasteiger partial charge in [0, 0.05) is 38.3 Å². The van der Waals surface area contributed by atoms with Crippen LogP contribution in [0.4, 0.5) is 5.69 Å². The van der Waals surface area contributed by atoms with Crippen LogP contribution in [0.2, 0.25) is 0 Å². The number of hydrogen-bond acceptors (Lipinski definition) is 3. The molecule has 0 spiro atoms. The third-order valence-corrected chi connectivity index (χ3v) is 4.23. The molecule has 1 fully saturated rings. The Morgan fingerprint density at radius 2 is 1.77 bits per heavy atom. The van der Waals surface area contributed by atoms with Gasteiger partial charge < -0.3 is 10.6 Å². The third kappa shape index (κ3) is 5.34. The number of nitrogens with zero attached hydrogens (tertiary/aromatic N) is 2. The second-order valence-corrected chi connectivity index (χ2v) is 6.67. The number of carbonyl (C=O) groups excluding carboxylic acids is 1. The van der Waals surface area contributed by atoms with Crippen molar-refractivity contribution in [1.82, 2.24) is 9.80 Å². The van der Waals surface area contributed by atoms with Crippen molar-refractivity contribution in [3.63, 3.8) is 0 Å². The van der Waals surface area contributed by atoms with Crippen LogP contribution < -0.4 is 5.73 Å². The minimum absolute atomic E-state index is 0.316. The molecule has 2 N–H and O–H groups in total. The first-order chi connectivity index (χ1) is 10.5. The highest BCUT2D eigenvalue weighted by atomic mass is 16.2. The number of hydrogen-bond donors (Lipinski definition) is 1. The number of benzene rings is 1. The summed E-state index contributed by atoms with van der Waals surface area (Å²) in [7, 11) is 0. The van der Waals surface area contributed by atoms with Crippen LogP contribution in [-0.2, 0) is 11.2 Å². The van der Waals surface area contributed by atoms with E-state index < -0.39 is 0 Å².